The molecule has 0 saturated heterocycles. The Morgan fingerprint density at radius 3 is 1.00 bits per heavy atom. The molecule has 0 bridgehead atoms. The largest absolute Gasteiger partial charge is 0.310 e. The van der Waals surface area contributed by atoms with Crippen LogP contribution in [0.5, 0.6) is 0 Å². The Bertz CT molecular complexity index is 6320. The molecule has 0 fully saturated rings. The van der Waals surface area contributed by atoms with Crippen molar-refractivity contribution >= 4 is 111 Å². The average Bonchev–Trinajstić information content (AvgIpc) is 1.40. The summed E-state index contributed by atoms with van der Waals surface area (Å²) in [6.45, 7) is 21.2. The zero-order chi connectivity index (χ0) is 73.1. The molecule has 18 aromatic rings. The van der Waals surface area contributed by atoms with E-state index in [1.807, 2.05) is 0 Å². The van der Waals surface area contributed by atoms with Gasteiger partial charge >= 0.3 is 0 Å². The Morgan fingerprint density at radius 1 is 0.241 bits per heavy atom. The van der Waals surface area contributed by atoms with Crippen molar-refractivity contribution in [3.8, 4) is 83.6 Å². The molecule has 0 amide bonds. The zero-order valence-corrected chi connectivity index (χ0v) is 62.7. The van der Waals surface area contributed by atoms with Crippen LogP contribution in [0.2, 0.25) is 0 Å². The Kier molecular flexibility index (Phi) is 14.8. The lowest BCUT2D eigenvalue weighted by molar-refractivity contribution is 0.590. The average molecular weight is 1380 g/mol. The molecule has 3 nitrogen and oxygen atoms in total. The summed E-state index contributed by atoms with van der Waals surface area (Å²) in [6.07, 6.45) is 0. The Balaban J connectivity index is 0.961. The smallest absolute Gasteiger partial charge is 0.252 e. The fourth-order valence-corrected chi connectivity index (χ4v) is 18.0. The predicted molar refractivity (Wildman–Crippen MR) is 464 cm³/mol. The third-order valence-corrected chi connectivity index (χ3v) is 23.5. The van der Waals surface area contributed by atoms with E-state index in [0.29, 0.717) is 0 Å². The maximum Gasteiger partial charge on any atom is 0.252 e. The van der Waals surface area contributed by atoms with Crippen LogP contribution < -0.4 is 26.2 Å². The molecule has 0 saturated carbocycles. The molecule has 17 aromatic carbocycles. The predicted octanol–water partition coefficient (Wildman–Crippen LogP) is 26.8. The van der Waals surface area contributed by atoms with Gasteiger partial charge in [-0.1, -0.05) is 317 Å². The molecule has 2 aliphatic rings. The number of hydrogen-bond donors (Lipinski definition) is 0. The molecule has 1 aromatic heterocycles. The maximum atomic E-state index is 2.76. The molecule has 2 aliphatic heterocycles. The zero-order valence-electron chi connectivity index (χ0n) is 62.7. The van der Waals surface area contributed by atoms with Crippen molar-refractivity contribution in [3.63, 3.8) is 0 Å². The Labute approximate surface area is 634 Å². The SMILES string of the molecule is CC(C)(C)c1cc(-c2cccc(-c3ccccc3)c2)c(N2c3cc(-c4ccccc4)ccc3B3c4ccc(-n5c6ccc7cccc8c9cccc%10ccc5c(c%109)c6c78)cc4N(c4c(-c5ccccc5)cc(C(C)(C)C)cc4-c4ccccc4)c4cc(C(C)(C)C)cc2c43)c(-c2cccc(-c3ccccc3)c2)c1. The van der Waals surface area contributed by atoms with Gasteiger partial charge in [0.1, 0.15) is 0 Å². The number of fused-ring (bicyclic) bond motifs is 5. The van der Waals surface area contributed by atoms with E-state index in [2.05, 4.69) is 410 Å². The summed E-state index contributed by atoms with van der Waals surface area (Å²) in [5, 5.41) is 10.4. The molecule has 3 heterocycles. The maximum absolute atomic E-state index is 2.76. The van der Waals surface area contributed by atoms with Crippen LogP contribution in [0.15, 0.2) is 334 Å². The van der Waals surface area contributed by atoms with Gasteiger partial charge in [0.15, 0.2) is 0 Å². The first-order valence-electron chi connectivity index (χ1n) is 38.3. The minimum Gasteiger partial charge on any atom is -0.310 e. The molecule has 516 valence electrons. The number of nitrogens with zero attached hydrogens (tertiary/aromatic N) is 3. The highest BCUT2D eigenvalue weighted by molar-refractivity contribution is 7.00. The van der Waals surface area contributed by atoms with Crippen LogP contribution >= 0.6 is 0 Å². The van der Waals surface area contributed by atoms with Crippen molar-refractivity contribution < 1.29 is 0 Å². The van der Waals surface area contributed by atoms with Gasteiger partial charge in [-0.2, -0.15) is 0 Å². The van der Waals surface area contributed by atoms with Gasteiger partial charge in [-0.15, -0.1) is 0 Å². The normalized spacial score (nSPS) is 13.0. The van der Waals surface area contributed by atoms with Crippen molar-refractivity contribution in [2.75, 3.05) is 9.80 Å². The first-order valence-corrected chi connectivity index (χ1v) is 38.3. The number of benzene rings is 17. The van der Waals surface area contributed by atoms with Gasteiger partial charge in [0.05, 0.1) is 22.4 Å². The van der Waals surface area contributed by atoms with E-state index in [-0.39, 0.29) is 23.0 Å². The summed E-state index contributed by atoms with van der Waals surface area (Å²) in [5.74, 6) is 0. The van der Waals surface area contributed by atoms with E-state index >= 15 is 0 Å². The van der Waals surface area contributed by atoms with E-state index in [1.54, 1.807) is 0 Å². The second-order valence-electron chi connectivity index (χ2n) is 33.2. The van der Waals surface area contributed by atoms with E-state index < -0.39 is 0 Å². The molecular formula is C104H82BN3. The minimum atomic E-state index is -0.346. The van der Waals surface area contributed by atoms with E-state index in [1.165, 1.54) is 126 Å². The van der Waals surface area contributed by atoms with Crippen molar-refractivity contribution in [2.45, 2.75) is 78.6 Å². The minimum absolute atomic E-state index is 0.203. The molecule has 0 N–H and O–H groups in total. The molecule has 4 heteroatoms. The lowest BCUT2D eigenvalue weighted by Gasteiger charge is -2.47. The lowest BCUT2D eigenvalue weighted by Crippen LogP contribution is -2.61. The van der Waals surface area contributed by atoms with E-state index in [0.717, 1.165) is 78.8 Å². The molecule has 0 atom stereocenters. The molecule has 108 heavy (non-hydrogen) atoms. The molecule has 0 aliphatic carbocycles. The highest BCUT2D eigenvalue weighted by Crippen LogP contribution is 2.57. The highest BCUT2D eigenvalue weighted by atomic mass is 15.2. The van der Waals surface area contributed by atoms with Crippen LogP contribution in [-0.2, 0) is 16.2 Å². The Morgan fingerprint density at radius 2 is 0.583 bits per heavy atom. The van der Waals surface area contributed by atoms with Gasteiger partial charge in [-0.05, 0) is 216 Å². The topological polar surface area (TPSA) is 11.4 Å². The van der Waals surface area contributed by atoms with Crippen molar-refractivity contribution in [3.05, 3.63) is 350 Å². The number of anilines is 6. The van der Waals surface area contributed by atoms with Gasteiger partial charge in [0, 0.05) is 61.5 Å². The van der Waals surface area contributed by atoms with Gasteiger partial charge in [0.25, 0.3) is 6.71 Å². The first-order chi connectivity index (χ1) is 52.5. The number of rotatable bonds is 10. The van der Waals surface area contributed by atoms with Crippen molar-refractivity contribution in [1.29, 1.82) is 0 Å². The monoisotopic (exact) mass is 1380 g/mol. The van der Waals surface area contributed by atoms with Gasteiger partial charge < -0.3 is 14.4 Å². The number of aromatic nitrogens is 1. The molecule has 0 radical (unpaired) electrons. The molecular weight excluding hydrogens is 1300 g/mol. The summed E-state index contributed by atoms with van der Waals surface area (Å²) in [6, 6.07) is 128. The van der Waals surface area contributed by atoms with Crippen LogP contribution in [0.1, 0.15) is 79.0 Å². The summed E-state index contributed by atoms with van der Waals surface area (Å²) in [5.41, 5.74) is 33.4. The Hall–Kier alpha value is -12.5. The third-order valence-electron chi connectivity index (χ3n) is 23.5. The van der Waals surface area contributed by atoms with Crippen LogP contribution in [0.25, 0.3) is 138 Å². The second-order valence-corrected chi connectivity index (χ2v) is 33.2. The van der Waals surface area contributed by atoms with Gasteiger partial charge in [-0.3, -0.25) is 0 Å². The first kappa shape index (κ1) is 65.1. The molecule has 20 rings (SSSR count). The van der Waals surface area contributed by atoms with Crippen LogP contribution in [-0.4, -0.2) is 11.3 Å². The fourth-order valence-electron chi connectivity index (χ4n) is 18.0. The lowest BCUT2D eigenvalue weighted by atomic mass is 9.33. The summed E-state index contributed by atoms with van der Waals surface area (Å²) in [4.78, 5) is 5.51. The third kappa shape index (κ3) is 10.4. The summed E-state index contributed by atoms with van der Waals surface area (Å²) in [7, 11) is 0. The van der Waals surface area contributed by atoms with Crippen LogP contribution in [0, 0.1) is 0 Å². The quantitative estimate of drug-likeness (QED) is 0.0768. The standard InChI is InChI=1S/C104H82BN3/c1-102(2,3)77-58-83(68-35-21-13-22-36-68)100(84(59-77)69-37-23-14-24-38-69)108-92-64-80(106-89-53-48-70-39-27-45-81-82-46-28-40-71-49-54-90(106)98(96(71)82)97(89)95(70)81)50-52-88(92)105-87-51-47-74(67-33-19-12-20-34-67)57-91(87)107(93-62-79(104(7,8)9)63-94(108)99(93)105)101-85(75-43-25-41-72(55-75)65-29-15-10-16-30-65)60-78(103(4,5)6)61-86(101)76-44-26-42-73(56-76)66-31-17-11-18-32-66/h10-64H,1-9H3. The molecule has 0 unspecified atom stereocenters. The van der Waals surface area contributed by atoms with Crippen LogP contribution in [0.3, 0.4) is 0 Å². The van der Waals surface area contributed by atoms with Gasteiger partial charge in [-0.25, -0.2) is 0 Å². The number of hydrogen-bond acceptors (Lipinski definition) is 2. The summed E-state index contributed by atoms with van der Waals surface area (Å²) < 4.78 is 2.60. The van der Waals surface area contributed by atoms with Crippen LogP contribution in [0.4, 0.5) is 34.1 Å². The highest BCUT2D eigenvalue weighted by Gasteiger charge is 2.47. The van der Waals surface area contributed by atoms with E-state index in [4.69, 9.17) is 0 Å². The van der Waals surface area contributed by atoms with Crippen molar-refractivity contribution in [2.24, 2.45) is 0 Å². The van der Waals surface area contributed by atoms with E-state index in [9.17, 15) is 0 Å². The summed E-state index contributed by atoms with van der Waals surface area (Å²) >= 11 is 0. The van der Waals surface area contributed by atoms with Gasteiger partial charge in [0.2, 0.25) is 0 Å². The molecule has 0 spiro atoms. The second kappa shape index (κ2) is 24.5. The fraction of sp³-hybridized carbons (Fsp3) is 0.115. The van der Waals surface area contributed by atoms with Crippen molar-refractivity contribution in [1.82, 2.24) is 4.57 Å².